The molecule has 1 saturated heterocycles. The molecule has 37 heavy (non-hydrogen) atoms. The molecule has 13 heteroatoms. The highest BCUT2D eigenvalue weighted by molar-refractivity contribution is 9.10. The van der Waals surface area contributed by atoms with Crippen molar-refractivity contribution in [1.29, 1.82) is 0 Å². The van der Waals surface area contributed by atoms with Crippen LogP contribution in [0.4, 0.5) is 13.2 Å². The standard InChI is InChI=1S/C24H22BrF3N4O4S/c1-2-36-23(35)19-17(11-32-12-24(27,28)10-14(32)4-6-18(33)34)30-21(22-29-7-8-37-22)31-20(19)15-5-3-13(26)9-16(15)25/h3-5,7-9,20H,2,6,10-12H2,1H3,(H,30,31)(H,33,34)/b14-4+/t20-/m0/s1. The summed E-state index contributed by atoms with van der Waals surface area (Å²) in [6.07, 6.45) is 1.78. The Morgan fingerprint density at radius 3 is 2.84 bits per heavy atom. The third-order valence-corrected chi connectivity index (χ3v) is 7.11. The zero-order chi connectivity index (χ0) is 26.7. The Bertz CT molecular complexity index is 1300. The number of halogens is 4. The number of esters is 1. The normalized spacial score (nSPS) is 20.1. The molecule has 2 N–H and O–H groups in total. The van der Waals surface area contributed by atoms with Crippen LogP contribution in [0.2, 0.25) is 0 Å². The number of carboxylic acids is 1. The van der Waals surface area contributed by atoms with Crippen LogP contribution in [-0.2, 0) is 14.3 Å². The molecule has 8 nitrogen and oxygen atoms in total. The number of nitrogens with one attached hydrogen (secondary N) is 1. The second-order valence-corrected chi connectivity index (χ2v) is 10.1. The summed E-state index contributed by atoms with van der Waals surface area (Å²) >= 11 is 4.63. The van der Waals surface area contributed by atoms with E-state index in [9.17, 15) is 22.8 Å². The summed E-state index contributed by atoms with van der Waals surface area (Å²) in [5, 5.41) is 14.4. The van der Waals surface area contributed by atoms with E-state index in [0.29, 0.717) is 20.9 Å². The molecule has 0 aliphatic carbocycles. The lowest BCUT2D eigenvalue weighted by molar-refractivity contribution is -0.139. The zero-order valence-corrected chi connectivity index (χ0v) is 21.9. The number of aliphatic carboxylic acids is 1. The lowest BCUT2D eigenvalue weighted by Gasteiger charge is -2.30. The first kappa shape index (κ1) is 26.9. The molecule has 1 aromatic heterocycles. The van der Waals surface area contributed by atoms with Crippen LogP contribution in [0, 0.1) is 5.82 Å². The van der Waals surface area contributed by atoms with Crippen molar-refractivity contribution in [3.63, 3.8) is 0 Å². The highest BCUT2D eigenvalue weighted by Crippen LogP contribution is 2.39. The summed E-state index contributed by atoms with van der Waals surface area (Å²) in [4.78, 5) is 34.6. The van der Waals surface area contributed by atoms with Gasteiger partial charge >= 0.3 is 11.9 Å². The topological polar surface area (TPSA) is 104 Å². The van der Waals surface area contributed by atoms with Gasteiger partial charge in [-0.1, -0.05) is 28.1 Å². The number of amidine groups is 1. The monoisotopic (exact) mass is 598 g/mol. The molecule has 2 aliphatic rings. The smallest absolute Gasteiger partial charge is 0.338 e. The van der Waals surface area contributed by atoms with Crippen LogP contribution in [0.25, 0.3) is 0 Å². The predicted molar refractivity (Wildman–Crippen MR) is 134 cm³/mol. The van der Waals surface area contributed by atoms with Crippen LogP contribution < -0.4 is 5.32 Å². The number of benzene rings is 1. The fourth-order valence-corrected chi connectivity index (χ4v) is 5.29. The van der Waals surface area contributed by atoms with Gasteiger partial charge in [0.05, 0.1) is 38.1 Å². The van der Waals surface area contributed by atoms with Gasteiger partial charge < -0.3 is 20.1 Å². The number of rotatable bonds is 8. The molecule has 4 rings (SSSR count). The van der Waals surface area contributed by atoms with Gasteiger partial charge in [-0.3, -0.25) is 9.79 Å². The van der Waals surface area contributed by atoms with Gasteiger partial charge in [-0.25, -0.2) is 22.9 Å². The van der Waals surface area contributed by atoms with Gasteiger partial charge in [0.1, 0.15) is 11.9 Å². The lowest BCUT2D eigenvalue weighted by Crippen LogP contribution is -2.39. The molecule has 0 saturated carbocycles. The maximum Gasteiger partial charge on any atom is 0.338 e. The summed E-state index contributed by atoms with van der Waals surface area (Å²) in [5.41, 5.74) is 0.940. The van der Waals surface area contributed by atoms with E-state index in [4.69, 9.17) is 9.84 Å². The van der Waals surface area contributed by atoms with Crippen LogP contribution in [0.3, 0.4) is 0 Å². The quantitative estimate of drug-likeness (QED) is 0.426. The number of allylic oxidation sites excluding steroid dienone is 1. The van der Waals surface area contributed by atoms with E-state index < -0.39 is 49.1 Å². The lowest BCUT2D eigenvalue weighted by atomic mass is 9.95. The molecule has 0 spiro atoms. The summed E-state index contributed by atoms with van der Waals surface area (Å²) in [6.45, 7) is 0.861. The third-order valence-electron chi connectivity index (χ3n) is 5.64. The van der Waals surface area contributed by atoms with Crippen molar-refractivity contribution in [2.75, 3.05) is 19.7 Å². The number of hydrogen-bond donors (Lipinski definition) is 2. The highest BCUT2D eigenvalue weighted by Gasteiger charge is 2.43. The number of carboxylic acid groups (broad SMARTS) is 1. The molecule has 1 aromatic carbocycles. The number of alkyl halides is 2. The zero-order valence-electron chi connectivity index (χ0n) is 19.5. The van der Waals surface area contributed by atoms with Gasteiger partial charge in [-0.15, -0.1) is 11.3 Å². The predicted octanol–water partition coefficient (Wildman–Crippen LogP) is 4.65. The first-order valence-electron chi connectivity index (χ1n) is 11.2. The minimum atomic E-state index is -3.07. The number of carbonyl (C=O) groups is 2. The number of hydrogen-bond acceptors (Lipinski definition) is 8. The maximum absolute atomic E-state index is 14.4. The third kappa shape index (κ3) is 6.21. The highest BCUT2D eigenvalue weighted by atomic mass is 79.9. The van der Waals surface area contributed by atoms with Crippen molar-refractivity contribution in [2.24, 2.45) is 4.99 Å². The number of carbonyl (C=O) groups excluding carboxylic acids is 1. The van der Waals surface area contributed by atoms with Crippen LogP contribution in [-0.4, -0.2) is 58.4 Å². The van der Waals surface area contributed by atoms with Gasteiger partial charge in [-0.05, 0) is 24.6 Å². The van der Waals surface area contributed by atoms with E-state index in [1.165, 1.54) is 40.5 Å². The number of nitrogens with zero attached hydrogens (tertiary/aromatic N) is 3. The molecule has 0 amide bonds. The summed E-state index contributed by atoms with van der Waals surface area (Å²) < 4.78 is 48.3. The largest absolute Gasteiger partial charge is 0.481 e. The Morgan fingerprint density at radius 2 is 2.19 bits per heavy atom. The Balaban J connectivity index is 1.83. The Labute approximate surface area is 222 Å². The van der Waals surface area contributed by atoms with Crippen molar-refractivity contribution < 1.29 is 32.6 Å². The molecule has 1 fully saturated rings. The molecule has 1 atom stereocenters. The average molecular weight is 599 g/mol. The van der Waals surface area contributed by atoms with E-state index in [1.54, 1.807) is 18.5 Å². The number of aromatic nitrogens is 1. The van der Waals surface area contributed by atoms with Crippen molar-refractivity contribution in [3.05, 3.63) is 73.7 Å². The first-order chi connectivity index (χ1) is 17.6. The molecular weight excluding hydrogens is 577 g/mol. The number of likely N-dealkylation sites (tertiary alicyclic amines) is 1. The maximum atomic E-state index is 14.4. The molecule has 2 aliphatic heterocycles. The van der Waals surface area contributed by atoms with Crippen LogP contribution in [0.15, 0.2) is 62.3 Å². The van der Waals surface area contributed by atoms with Crippen LogP contribution in [0.1, 0.15) is 36.4 Å². The molecule has 0 bridgehead atoms. The SMILES string of the molecule is CCOC(=O)C1=C(CN2CC(F)(F)C/C2=C\CC(=O)O)NC(c2nccs2)=N[C@H]1c1ccc(F)cc1Br. The van der Waals surface area contributed by atoms with Crippen LogP contribution in [0.5, 0.6) is 0 Å². The van der Waals surface area contributed by atoms with E-state index in [-0.39, 0.29) is 30.1 Å². The average Bonchev–Trinajstić information content (AvgIpc) is 3.45. The van der Waals surface area contributed by atoms with Gasteiger partial charge in [0.15, 0.2) is 10.8 Å². The fourth-order valence-electron chi connectivity index (χ4n) is 4.14. The van der Waals surface area contributed by atoms with Gasteiger partial charge in [0.2, 0.25) is 0 Å². The molecule has 0 unspecified atom stereocenters. The molecule has 0 radical (unpaired) electrons. The molecule has 2 aromatic rings. The number of aliphatic imine (C=N–C) groups is 1. The molecule has 3 heterocycles. The van der Waals surface area contributed by atoms with Crippen molar-refractivity contribution in [1.82, 2.24) is 15.2 Å². The summed E-state index contributed by atoms with van der Waals surface area (Å²) in [5.74, 6) is -5.13. The van der Waals surface area contributed by atoms with Gasteiger partial charge in [0.25, 0.3) is 5.92 Å². The van der Waals surface area contributed by atoms with Crippen LogP contribution >= 0.6 is 27.3 Å². The fraction of sp³-hybridized carbons (Fsp3) is 0.333. The van der Waals surface area contributed by atoms with E-state index in [1.807, 2.05) is 0 Å². The minimum Gasteiger partial charge on any atom is -0.481 e. The van der Waals surface area contributed by atoms with E-state index in [2.05, 4.69) is 31.2 Å². The van der Waals surface area contributed by atoms with E-state index in [0.717, 1.165) is 0 Å². The van der Waals surface area contributed by atoms with Crippen molar-refractivity contribution in [2.45, 2.75) is 31.7 Å². The number of ether oxygens (including phenoxy) is 1. The van der Waals surface area contributed by atoms with Crippen molar-refractivity contribution in [3.8, 4) is 0 Å². The second-order valence-electron chi connectivity index (χ2n) is 8.30. The first-order valence-corrected chi connectivity index (χ1v) is 12.9. The second kappa shape index (κ2) is 11.1. The minimum absolute atomic E-state index is 0.0571. The number of thiazole rings is 1. The Morgan fingerprint density at radius 1 is 1.41 bits per heavy atom. The summed E-state index contributed by atoms with van der Waals surface area (Å²) in [6, 6.07) is 3.00. The summed E-state index contributed by atoms with van der Waals surface area (Å²) in [7, 11) is 0. The van der Waals surface area contributed by atoms with Gasteiger partial charge in [0, 0.05) is 27.4 Å². The molecule has 196 valence electrons. The van der Waals surface area contributed by atoms with Gasteiger partial charge in [-0.2, -0.15) is 0 Å². The Kier molecular flexibility index (Phi) is 8.02. The van der Waals surface area contributed by atoms with Crippen molar-refractivity contribution >= 4 is 45.0 Å². The van der Waals surface area contributed by atoms with E-state index >= 15 is 0 Å². The molecular formula is C24H22BrF3N4O4S. The Hall–Kier alpha value is -3.19.